The van der Waals surface area contributed by atoms with E-state index in [1.165, 1.54) is 89.9 Å². The van der Waals surface area contributed by atoms with Gasteiger partial charge in [0.05, 0.1) is 25.9 Å². The molecule has 31 heavy (non-hydrogen) atoms. The summed E-state index contributed by atoms with van der Waals surface area (Å²) in [6.45, 7) is 3.29. The van der Waals surface area contributed by atoms with E-state index in [9.17, 15) is 4.57 Å². The van der Waals surface area contributed by atoms with Gasteiger partial charge in [-0.2, -0.15) is 11.8 Å². The molecule has 188 valence electrons. The first kappa shape index (κ1) is 31.4. The SMILES string of the molecule is CCCCCCCCCCCCCCCCSCCC(COCCOC)OP(=O)(O)O. The van der Waals surface area contributed by atoms with E-state index in [1.807, 2.05) is 11.8 Å². The van der Waals surface area contributed by atoms with Crippen LogP contribution < -0.4 is 0 Å². The first-order valence-corrected chi connectivity index (χ1v) is 15.1. The van der Waals surface area contributed by atoms with Crippen molar-refractivity contribution in [1.82, 2.24) is 0 Å². The van der Waals surface area contributed by atoms with Crippen molar-refractivity contribution in [2.45, 2.75) is 109 Å². The number of ether oxygens (including phenoxy) is 2. The third-order valence-corrected chi connectivity index (χ3v) is 6.92. The molecule has 0 aromatic carbocycles. The smallest absolute Gasteiger partial charge is 0.382 e. The molecule has 0 aromatic heterocycles. The van der Waals surface area contributed by atoms with Crippen LogP contribution in [0.4, 0.5) is 0 Å². The molecule has 0 aliphatic rings. The molecule has 0 fully saturated rings. The summed E-state index contributed by atoms with van der Waals surface area (Å²) in [5.74, 6) is 1.90. The van der Waals surface area contributed by atoms with E-state index < -0.39 is 13.9 Å². The van der Waals surface area contributed by atoms with Crippen LogP contribution >= 0.6 is 19.6 Å². The lowest BCUT2D eigenvalue weighted by atomic mass is 10.0. The van der Waals surface area contributed by atoms with Crippen molar-refractivity contribution in [3.63, 3.8) is 0 Å². The maximum Gasteiger partial charge on any atom is 0.469 e. The first-order valence-electron chi connectivity index (χ1n) is 12.4. The highest BCUT2D eigenvalue weighted by atomic mass is 32.2. The normalized spacial score (nSPS) is 13.0. The van der Waals surface area contributed by atoms with Gasteiger partial charge in [-0.3, -0.25) is 4.52 Å². The zero-order valence-electron chi connectivity index (χ0n) is 20.1. The van der Waals surface area contributed by atoms with Crippen molar-refractivity contribution in [2.24, 2.45) is 0 Å². The second-order valence-corrected chi connectivity index (χ2v) is 10.7. The van der Waals surface area contributed by atoms with Crippen molar-refractivity contribution < 1.29 is 28.3 Å². The van der Waals surface area contributed by atoms with Gasteiger partial charge in [0.25, 0.3) is 0 Å². The number of rotatable bonds is 25. The third kappa shape index (κ3) is 26.5. The van der Waals surface area contributed by atoms with E-state index >= 15 is 0 Å². The van der Waals surface area contributed by atoms with Gasteiger partial charge in [0.1, 0.15) is 0 Å². The van der Waals surface area contributed by atoms with Gasteiger partial charge >= 0.3 is 7.82 Å². The number of phosphoric acid groups is 1. The Labute approximate surface area is 195 Å². The highest BCUT2D eigenvalue weighted by Gasteiger charge is 2.22. The molecule has 1 unspecified atom stereocenters. The molecular formula is C23H49O6PS. The van der Waals surface area contributed by atoms with Crippen LogP contribution in [-0.4, -0.2) is 54.3 Å². The maximum atomic E-state index is 11.1. The zero-order valence-corrected chi connectivity index (χ0v) is 21.8. The molecule has 0 aliphatic carbocycles. The molecule has 0 saturated heterocycles. The van der Waals surface area contributed by atoms with Gasteiger partial charge in [0.2, 0.25) is 0 Å². The summed E-state index contributed by atoms with van der Waals surface area (Å²) >= 11 is 1.82. The number of hydrogen-bond donors (Lipinski definition) is 2. The molecular weight excluding hydrogens is 435 g/mol. The summed E-state index contributed by atoms with van der Waals surface area (Å²) in [6, 6.07) is 0. The predicted molar refractivity (Wildman–Crippen MR) is 132 cm³/mol. The van der Waals surface area contributed by atoms with Gasteiger partial charge in [-0.25, -0.2) is 4.57 Å². The summed E-state index contributed by atoms with van der Waals surface area (Å²) in [5, 5.41) is 0. The Morgan fingerprint density at radius 3 is 1.77 bits per heavy atom. The number of phosphoric ester groups is 1. The van der Waals surface area contributed by atoms with E-state index in [4.69, 9.17) is 23.8 Å². The van der Waals surface area contributed by atoms with Crippen LogP contribution in [0.5, 0.6) is 0 Å². The van der Waals surface area contributed by atoms with Crippen LogP contribution in [0.3, 0.4) is 0 Å². The number of hydrogen-bond acceptors (Lipinski definition) is 5. The van der Waals surface area contributed by atoms with E-state index in [1.54, 1.807) is 7.11 Å². The van der Waals surface area contributed by atoms with Crippen molar-refractivity contribution in [3.8, 4) is 0 Å². The molecule has 0 aliphatic heterocycles. The Bertz CT molecular complexity index is 408. The lowest BCUT2D eigenvalue weighted by Crippen LogP contribution is -2.21. The lowest BCUT2D eigenvalue weighted by molar-refractivity contribution is 0.0115. The number of thioether (sulfide) groups is 1. The predicted octanol–water partition coefficient (Wildman–Crippen LogP) is 6.73. The third-order valence-electron chi connectivity index (χ3n) is 5.25. The standard InChI is InChI=1S/C23H49O6PS/c1-3-4-5-6-7-8-9-10-11-12-13-14-15-16-20-31-21-17-23(29-30(24,25)26)22-28-19-18-27-2/h23H,3-22H2,1-2H3,(H2,24,25,26). The number of methoxy groups -OCH3 is 1. The molecule has 0 rings (SSSR count). The van der Waals surface area contributed by atoms with E-state index in [0.717, 1.165) is 11.5 Å². The summed E-state index contributed by atoms with van der Waals surface area (Å²) in [5.41, 5.74) is 0. The summed E-state index contributed by atoms with van der Waals surface area (Å²) in [7, 11) is -2.91. The summed E-state index contributed by atoms with van der Waals surface area (Å²) < 4.78 is 26.2. The summed E-state index contributed by atoms with van der Waals surface area (Å²) in [4.78, 5) is 18.1. The van der Waals surface area contributed by atoms with Crippen LogP contribution in [0.2, 0.25) is 0 Å². The quantitative estimate of drug-likeness (QED) is 0.110. The van der Waals surface area contributed by atoms with Gasteiger partial charge in [0, 0.05) is 7.11 Å². The molecule has 0 amide bonds. The Morgan fingerprint density at radius 1 is 0.774 bits per heavy atom. The number of unbranched alkanes of at least 4 members (excludes halogenated alkanes) is 13. The van der Waals surface area contributed by atoms with Gasteiger partial charge in [0.15, 0.2) is 0 Å². The second kappa shape index (κ2) is 23.5. The molecule has 8 heteroatoms. The molecule has 6 nitrogen and oxygen atoms in total. The van der Waals surface area contributed by atoms with Crippen molar-refractivity contribution in [3.05, 3.63) is 0 Å². The molecule has 0 radical (unpaired) electrons. The molecule has 0 aromatic rings. The molecule has 0 bridgehead atoms. The van der Waals surface area contributed by atoms with Crippen molar-refractivity contribution >= 4 is 19.6 Å². The first-order chi connectivity index (χ1) is 15.0. The highest BCUT2D eigenvalue weighted by Crippen LogP contribution is 2.38. The summed E-state index contributed by atoms with van der Waals surface area (Å²) in [6.07, 6.45) is 19.1. The van der Waals surface area contributed by atoms with E-state index in [2.05, 4.69) is 6.92 Å². The lowest BCUT2D eigenvalue weighted by Gasteiger charge is -2.18. The fourth-order valence-corrected chi connectivity index (χ4v) is 5.03. The Morgan fingerprint density at radius 2 is 1.29 bits per heavy atom. The highest BCUT2D eigenvalue weighted by molar-refractivity contribution is 7.99. The topological polar surface area (TPSA) is 85.2 Å². The van der Waals surface area contributed by atoms with E-state index in [0.29, 0.717) is 19.6 Å². The monoisotopic (exact) mass is 484 g/mol. The van der Waals surface area contributed by atoms with Crippen LogP contribution in [-0.2, 0) is 18.6 Å². The molecule has 1 atom stereocenters. The van der Waals surface area contributed by atoms with Gasteiger partial charge < -0.3 is 19.3 Å². The maximum absolute atomic E-state index is 11.1. The average molecular weight is 485 g/mol. The Hall–Kier alpha value is 0.380. The van der Waals surface area contributed by atoms with Crippen LogP contribution in [0.15, 0.2) is 0 Å². The second-order valence-electron chi connectivity index (χ2n) is 8.28. The zero-order chi connectivity index (χ0) is 23.0. The minimum Gasteiger partial charge on any atom is -0.382 e. The molecule has 2 N–H and O–H groups in total. The fraction of sp³-hybridized carbons (Fsp3) is 1.00. The van der Waals surface area contributed by atoms with Crippen LogP contribution in [0.25, 0.3) is 0 Å². The van der Waals surface area contributed by atoms with Crippen molar-refractivity contribution in [2.75, 3.05) is 38.4 Å². The average Bonchev–Trinajstić information content (AvgIpc) is 2.72. The molecule has 0 spiro atoms. The van der Waals surface area contributed by atoms with Gasteiger partial charge in [-0.05, 0) is 24.3 Å². The van der Waals surface area contributed by atoms with Gasteiger partial charge in [-0.1, -0.05) is 90.4 Å². The minimum absolute atomic E-state index is 0.174. The van der Waals surface area contributed by atoms with Crippen LogP contribution in [0.1, 0.15) is 103 Å². The Balaban J connectivity index is 3.46. The largest absolute Gasteiger partial charge is 0.469 e. The molecule has 0 heterocycles. The fourth-order valence-electron chi connectivity index (χ4n) is 3.43. The Kier molecular flexibility index (Phi) is 23.8. The van der Waals surface area contributed by atoms with Crippen LogP contribution in [0, 0.1) is 0 Å². The van der Waals surface area contributed by atoms with Crippen molar-refractivity contribution in [1.29, 1.82) is 0 Å². The van der Waals surface area contributed by atoms with Gasteiger partial charge in [-0.15, -0.1) is 0 Å². The van der Waals surface area contributed by atoms with E-state index in [-0.39, 0.29) is 6.61 Å². The minimum atomic E-state index is -4.49. The molecule has 0 saturated carbocycles.